The molecule has 0 bridgehead atoms. The number of carbonyl (C=O) groups is 1. The minimum absolute atomic E-state index is 0.172. The van der Waals surface area contributed by atoms with Crippen molar-refractivity contribution >= 4 is 17.6 Å². The number of rotatable bonds is 4. The molecule has 0 aliphatic heterocycles. The van der Waals surface area contributed by atoms with Crippen molar-refractivity contribution in [2.75, 3.05) is 6.61 Å². The summed E-state index contributed by atoms with van der Waals surface area (Å²) in [6.45, 7) is 1.82. The third-order valence-electron chi connectivity index (χ3n) is 2.03. The van der Waals surface area contributed by atoms with Crippen molar-refractivity contribution in [3.63, 3.8) is 0 Å². The lowest BCUT2D eigenvalue weighted by Crippen LogP contribution is -2.10. The number of nitriles is 1. The van der Waals surface area contributed by atoms with Crippen LogP contribution in [0.3, 0.4) is 0 Å². The van der Waals surface area contributed by atoms with Crippen LogP contribution >= 0.6 is 11.6 Å². The summed E-state index contributed by atoms with van der Waals surface area (Å²) in [6, 6.07) is 2.80. The minimum Gasteiger partial charge on any atom is -0.466 e. The molecular formula is C11H9ClF2N2O2. The monoisotopic (exact) mass is 274 g/mol. The number of esters is 1. The van der Waals surface area contributed by atoms with Crippen molar-refractivity contribution in [2.24, 2.45) is 0 Å². The molecule has 1 aromatic rings. The van der Waals surface area contributed by atoms with Gasteiger partial charge in [0.05, 0.1) is 18.1 Å². The summed E-state index contributed by atoms with van der Waals surface area (Å²) in [6.07, 6.45) is -3.10. The summed E-state index contributed by atoms with van der Waals surface area (Å²) >= 11 is 5.61. The average Bonchev–Trinajstić information content (AvgIpc) is 2.29. The predicted octanol–water partition coefficient (Wildman–Crippen LogP) is 2.65. The first kappa shape index (κ1) is 14.3. The highest BCUT2D eigenvalue weighted by Crippen LogP contribution is 2.27. The van der Waals surface area contributed by atoms with E-state index in [1.807, 2.05) is 0 Å². The zero-order valence-corrected chi connectivity index (χ0v) is 10.2. The molecule has 0 aliphatic rings. The average molecular weight is 275 g/mol. The van der Waals surface area contributed by atoms with Crippen LogP contribution in [0.2, 0.25) is 5.02 Å². The fraction of sp³-hybridized carbons (Fsp3) is 0.364. The topological polar surface area (TPSA) is 63.0 Å². The van der Waals surface area contributed by atoms with Crippen LogP contribution in [0.1, 0.15) is 30.3 Å². The van der Waals surface area contributed by atoms with Gasteiger partial charge in [0.1, 0.15) is 17.5 Å². The lowest BCUT2D eigenvalue weighted by Gasteiger charge is -2.07. The highest BCUT2D eigenvalue weighted by Gasteiger charge is 2.19. The van der Waals surface area contributed by atoms with Gasteiger partial charge in [0.15, 0.2) is 0 Å². The second kappa shape index (κ2) is 6.26. The van der Waals surface area contributed by atoms with Crippen LogP contribution in [-0.4, -0.2) is 17.6 Å². The molecule has 0 spiro atoms. The molecule has 1 heterocycles. The maximum absolute atomic E-state index is 12.5. The number of pyridine rings is 1. The van der Waals surface area contributed by atoms with Gasteiger partial charge in [0.2, 0.25) is 0 Å². The lowest BCUT2D eigenvalue weighted by atomic mass is 10.1. The quantitative estimate of drug-likeness (QED) is 0.792. The molecule has 0 unspecified atom stereocenters. The van der Waals surface area contributed by atoms with Gasteiger partial charge < -0.3 is 4.74 Å². The van der Waals surface area contributed by atoms with Crippen molar-refractivity contribution in [3.8, 4) is 6.07 Å². The van der Waals surface area contributed by atoms with Gasteiger partial charge >= 0.3 is 5.97 Å². The number of hydrogen-bond acceptors (Lipinski definition) is 4. The van der Waals surface area contributed by atoms with Crippen LogP contribution in [0.5, 0.6) is 0 Å². The first-order valence-corrected chi connectivity index (χ1v) is 5.40. The van der Waals surface area contributed by atoms with E-state index < -0.39 is 18.1 Å². The Bertz CT molecular complexity index is 501. The second-order valence-electron chi connectivity index (χ2n) is 3.26. The van der Waals surface area contributed by atoms with E-state index >= 15 is 0 Å². The Labute approximate surface area is 107 Å². The van der Waals surface area contributed by atoms with E-state index in [0.29, 0.717) is 0 Å². The zero-order chi connectivity index (χ0) is 13.7. The van der Waals surface area contributed by atoms with Crippen LogP contribution in [0.25, 0.3) is 0 Å². The molecule has 1 aromatic heterocycles. The summed E-state index contributed by atoms with van der Waals surface area (Å²) in [7, 11) is 0. The standard InChI is InChI=1S/C11H9ClF2N2O2/c1-2-18-9(17)4-6-3-7(12)10(11(13)14)16-8(6)5-15/h3,11H,2,4H2,1H3. The molecule has 0 radical (unpaired) electrons. The van der Waals surface area contributed by atoms with Gasteiger partial charge in [-0.2, -0.15) is 5.26 Å². The Balaban J connectivity index is 3.10. The van der Waals surface area contributed by atoms with Gasteiger partial charge in [-0.25, -0.2) is 13.8 Å². The maximum atomic E-state index is 12.5. The lowest BCUT2D eigenvalue weighted by molar-refractivity contribution is -0.142. The number of hydrogen-bond donors (Lipinski definition) is 0. The molecule has 0 aliphatic carbocycles. The molecule has 0 saturated carbocycles. The fourth-order valence-corrected chi connectivity index (χ4v) is 1.55. The molecule has 0 amide bonds. The number of aromatic nitrogens is 1. The largest absolute Gasteiger partial charge is 0.466 e. The Kier molecular flexibility index (Phi) is 4.98. The van der Waals surface area contributed by atoms with Gasteiger partial charge in [-0.05, 0) is 13.0 Å². The number of alkyl halides is 2. The van der Waals surface area contributed by atoms with E-state index in [1.165, 1.54) is 0 Å². The van der Waals surface area contributed by atoms with E-state index in [2.05, 4.69) is 4.98 Å². The number of nitrogens with zero attached hydrogens (tertiary/aromatic N) is 2. The highest BCUT2D eigenvalue weighted by molar-refractivity contribution is 6.31. The van der Waals surface area contributed by atoms with E-state index in [0.717, 1.165) is 6.07 Å². The second-order valence-corrected chi connectivity index (χ2v) is 3.66. The predicted molar refractivity (Wildman–Crippen MR) is 59.3 cm³/mol. The maximum Gasteiger partial charge on any atom is 0.310 e. The van der Waals surface area contributed by atoms with Crippen LogP contribution in [-0.2, 0) is 16.0 Å². The molecule has 0 aromatic carbocycles. The molecule has 96 valence electrons. The van der Waals surface area contributed by atoms with Crippen LogP contribution in [0, 0.1) is 11.3 Å². The molecule has 7 heteroatoms. The van der Waals surface area contributed by atoms with Crippen molar-refractivity contribution in [2.45, 2.75) is 19.8 Å². The van der Waals surface area contributed by atoms with Crippen LogP contribution in [0.4, 0.5) is 8.78 Å². The van der Waals surface area contributed by atoms with E-state index in [1.54, 1.807) is 13.0 Å². The molecule has 0 N–H and O–H groups in total. The smallest absolute Gasteiger partial charge is 0.310 e. The van der Waals surface area contributed by atoms with Gasteiger partial charge in [-0.1, -0.05) is 11.6 Å². The Morgan fingerprint density at radius 2 is 2.33 bits per heavy atom. The molecule has 0 fully saturated rings. The fourth-order valence-electron chi connectivity index (χ4n) is 1.29. The summed E-state index contributed by atoms with van der Waals surface area (Å²) in [5.74, 6) is -0.573. The SMILES string of the molecule is CCOC(=O)Cc1cc(Cl)c(C(F)F)nc1C#N. The van der Waals surface area contributed by atoms with Crippen molar-refractivity contribution < 1.29 is 18.3 Å². The Morgan fingerprint density at radius 1 is 1.67 bits per heavy atom. The van der Waals surface area contributed by atoms with Crippen molar-refractivity contribution in [1.82, 2.24) is 4.98 Å². The summed E-state index contributed by atoms with van der Waals surface area (Å²) in [5, 5.41) is 8.53. The van der Waals surface area contributed by atoms with Gasteiger partial charge in [0.25, 0.3) is 6.43 Å². The minimum atomic E-state index is -2.87. The van der Waals surface area contributed by atoms with E-state index in [9.17, 15) is 13.6 Å². The summed E-state index contributed by atoms with van der Waals surface area (Å²) in [4.78, 5) is 14.7. The molecule has 18 heavy (non-hydrogen) atoms. The molecule has 4 nitrogen and oxygen atoms in total. The van der Waals surface area contributed by atoms with Crippen molar-refractivity contribution in [3.05, 3.63) is 28.0 Å². The highest BCUT2D eigenvalue weighted by atomic mass is 35.5. The number of halogens is 3. The first-order valence-electron chi connectivity index (χ1n) is 5.02. The van der Waals surface area contributed by atoms with Crippen LogP contribution < -0.4 is 0 Å². The van der Waals surface area contributed by atoms with E-state index in [-0.39, 0.29) is 29.3 Å². The molecule has 1 rings (SSSR count). The molecular weight excluding hydrogens is 266 g/mol. The van der Waals surface area contributed by atoms with Gasteiger partial charge in [-0.3, -0.25) is 4.79 Å². The summed E-state index contributed by atoms with van der Waals surface area (Å²) in [5.41, 5.74) is -0.742. The van der Waals surface area contributed by atoms with Gasteiger partial charge in [0, 0.05) is 5.56 Å². The normalized spacial score (nSPS) is 10.2. The van der Waals surface area contributed by atoms with Gasteiger partial charge in [-0.15, -0.1) is 0 Å². The Morgan fingerprint density at radius 3 is 2.83 bits per heavy atom. The molecule has 0 atom stereocenters. The third kappa shape index (κ3) is 3.37. The zero-order valence-electron chi connectivity index (χ0n) is 9.41. The number of carbonyl (C=O) groups excluding carboxylic acids is 1. The first-order chi connectivity index (χ1) is 8.49. The van der Waals surface area contributed by atoms with Crippen molar-refractivity contribution in [1.29, 1.82) is 5.26 Å². The number of ether oxygens (including phenoxy) is 1. The molecule has 0 saturated heterocycles. The summed E-state index contributed by atoms with van der Waals surface area (Å²) < 4.78 is 29.7. The van der Waals surface area contributed by atoms with E-state index in [4.69, 9.17) is 21.6 Å². The Hall–Kier alpha value is -1.74. The van der Waals surface area contributed by atoms with Crippen LogP contribution in [0.15, 0.2) is 6.07 Å². The third-order valence-corrected chi connectivity index (χ3v) is 2.34.